The number of nitrogens with zero attached hydrogens (tertiary/aromatic N) is 1. The molecule has 0 atom stereocenters. The quantitative estimate of drug-likeness (QED) is 0.191. The minimum Gasteiger partial charge on any atom is -0.493 e. The van der Waals surface area contributed by atoms with Crippen LogP contribution < -0.4 is 4.74 Å². The molecular formula is C31H31NO4S. The number of rotatable bonds is 13. The summed E-state index contributed by atoms with van der Waals surface area (Å²) >= 11 is 1.65. The molecule has 0 aliphatic rings. The Labute approximate surface area is 222 Å². The van der Waals surface area contributed by atoms with Gasteiger partial charge in [-0.05, 0) is 71.0 Å². The molecule has 0 saturated heterocycles. The molecule has 37 heavy (non-hydrogen) atoms. The molecule has 190 valence electrons. The Morgan fingerprint density at radius 1 is 0.784 bits per heavy atom. The van der Waals surface area contributed by atoms with Crippen LogP contribution in [0.5, 0.6) is 5.75 Å². The average Bonchev–Trinajstić information content (AvgIpc) is 3.46. The Morgan fingerprint density at radius 3 is 2.27 bits per heavy atom. The standard InChI is InChI=1S/C31H31NO4S/c33-30(34)13-5-2-8-19-36-29-12-7-6-11-27(29)22-32(21-24-9-3-1-4-10-24)31(35)26-16-14-25(15-17-26)28-18-20-37-23-28/h1,3-4,6-7,9-12,14-18,20,23H,2,5,8,13,19,21-22H2,(H,33,34). The average molecular weight is 514 g/mol. The molecule has 0 bridgehead atoms. The third-order valence-electron chi connectivity index (χ3n) is 6.12. The van der Waals surface area contributed by atoms with Crippen molar-refractivity contribution in [3.63, 3.8) is 0 Å². The first kappa shape index (κ1) is 26.2. The smallest absolute Gasteiger partial charge is 0.303 e. The summed E-state index contributed by atoms with van der Waals surface area (Å²) < 4.78 is 6.05. The monoisotopic (exact) mass is 513 g/mol. The summed E-state index contributed by atoms with van der Waals surface area (Å²) in [6.45, 7) is 1.40. The van der Waals surface area contributed by atoms with E-state index in [0.717, 1.165) is 40.8 Å². The summed E-state index contributed by atoms with van der Waals surface area (Å²) in [7, 11) is 0. The lowest BCUT2D eigenvalue weighted by atomic mass is 10.1. The van der Waals surface area contributed by atoms with Gasteiger partial charge < -0.3 is 14.7 Å². The second kappa shape index (κ2) is 13.4. The van der Waals surface area contributed by atoms with Crippen LogP contribution in [-0.2, 0) is 17.9 Å². The van der Waals surface area contributed by atoms with E-state index in [9.17, 15) is 9.59 Å². The van der Waals surface area contributed by atoms with Crippen molar-refractivity contribution in [2.75, 3.05) is 6.61 Å². The summed E-state index contributed by atoms with van der Waals surface area (Å²) in [6.07, 6.45) is 2.41. The molecule has 5 nitrogen and oxygen atoms in total. The van der Waals surface area contributed by atoms with Crippen LogP contribution in [0.2, 0.25) is 0 Å². The van der Waals surface area contributed by atoms with Gasteiger partial charge in [0.25, 0.3) is 5.91 Å². The van der Waals surface area contributed by atoms with Gasteiger partial charge in [0, 0.05) is 30.6 Å². The fourth-order valence-electron chi connectivity index (χ4n) is 4.14. The molecule has 4 rings (SSSR count). The van der Waals surface area contributed by atoms with E-state index in [2.05, 4.69) is 11.4 Å². The fourth-order valence-corrected chi connectivity index (χ4v) is 4.80. The van der Waals surface area contributed by atoms with E-state index in [1.165, 1.54) is 0 Å². The Balaban J connectivity index is 1.48. The van der Waals surface area contributed by atoms with E-state index in [1.54, 1.807) is 11.3 Å². The van der Waals surface area contributed by atoms with Crippen LogP contribution in [0.15, 0.2) is 95.7 Å². The molecule has 1 amide bonds. The first-order valence-electron chi connectivity index (χ1n) is 12.5. The molecule has 0 saturated carbocycles. The number of ether oxygens (including phenoxy) is 1. The van der Waals surface area contributed by atoms with Gasteiger partial charge in [-0.25, -0.2) is 0 Å². The maximum absolute atomic E-state index is 13.7. The van der Waals surface area contributed by atoms with Crippen molar-refractivity contribution in [2.45, 2.75) is 38.8 Å². The lowest BCUT2D eigenvalue weighted by Crippen LogP contribution is -2.30. The molecule has 0 aliphatic heterocycles. The maximum atomic E-state index is 13.7. The van der Waals surface area contributed by atoms with Crippen molar-refractivity contribution in [1.29, 1.82) is 0 Å². The van der Waals surface area contributed by atoms with Gasteiger partial charge in [0.15, 0.2) is 0 Å². The van der Waals surface area contributed by atoms with Crippen molar-refractivity contribution in [3.05, 3.63) is 112 Å². The lowest BCUT2D eigenvalue weighted by Gasteiger charge is -2.24. The predicted octanol–water partition coefficient (Wildman–Crippen LogP) is 7.28. The van der Waals surface area contributed by atoms with Crippen molar-refractivity contribution in [2.24, 2.45) is 0 Å². The van der Waals surface area contributed by atoms with Crippen molar-refractivity contribution < 1.29 is 19.4 Å². The number of aliphatic carboxylic acids is 1. The fraction of sp³-hybridized carbons (Fsp3) is 0.226. The van der Waals surface area contributed by atoms with E-state index in [4.69, 9.17) is 9.84 Å². The molecule has 0 radical (unpaired) electrons. The summed E-state index contributed by atoms with van der Waals surface area (Å²) in [6, 6.07) is 27.6. The molecule has 6 heteroatoms. The second-order valence-corrected chi connectivity index (χ2v) is 9.68. The molecule has 0 spiro atoms. The number of thiophene rings is 1. The number of hydrogen-bond donors (Lipinski definition) is 1. The first-order valence-corrected chi connectivity index (χ1v) is 13.4. The van der Waals surface area contributed by atoms with Gasteiger partial charge >= 0.3 is 5.97 Å². The largest absolute Gasteiger partial charge is 0.493 e. The topological polar surface area (TPSA) is 66.8 Å². The number of para-hydroxylation sites is 1. The predicted molar refractivity (Wildman–Crippen MR) is 148 cm³/mol. The van der Waals surface area contributed by atoms with E-state index in [0.29, 0.717) is 31.7 Å². The van der Waals surface area contributed by atoms with Gasteiger partial charge in [-0.2, -0.15) is 11.3 Å². The van der Waals surface area contributed by atoms with Crippen LogP contribution in [-0.4, -0.2) is 28.5 Å². The summed E-state index contributed by atoms with van der Waals surface area (Å²) in [4.78, 5) is 26.2. The number of carboxylic acids is 1. The number of carboxylic acid groups (broad SMARTS) is 1. The molecule has 1 aromatic heterocycles. The van der Waals surface area contributed by atoms with Crippen molar-refractivity contribution in [1.82, 2.24) is 4.90 Å². The number of benzene rings is 3. The van der Waals surface area contributed by atoms with Crippen LogP contribution in [0.3, 0.4) is 0 Å². The van der Waals surface area contributed by atoms with Gasteiger partial charge in [0.05, 0.1) is 6.61 Å². The Hall–Kier alpha value is -3.90. The maximum Gasteiger partial charge on any atom is 0.303 e. The van der Waals surface area contributed by atoms with Crippen molar-refractivity contribution in [3.8, 4) is 16.9 Å². The number of carbonyl (C=O) groups is 2. The number of amides is 1. The van der Waals surface area contributed by atoms with E-state index in [-0.39, 0.29) is 12.3 Å². The Morgan fingerprint density at radius 2 is 1.54 bits per heavy atom. The second-order valence-electron chi connectivity index (χ2n) is 8.90. The molecule has 0 aliphatic carbocycles. The van der Waals surface area contributed by atoms with Crippen molar-refractivity contribution >= 4 is 23.2 Å². The summed E-state index contributed by atoms with van der Waals surface area (Å²) in [5, 5.41) is 12.9. The number of carbonyl (C=O) groups excluding carboxylic acids is 1. The Bertz CT molecular complexity index is 1270. The zero-order valence-corrected chi connectivity index (χ0v) is 21.5. The molecule has 0 unspecified atom stereocenters. The SMILES string of the molecule is O=C(O)CCCCCOc1ccccc1CN(Cc1ccccc1)C(=O)c1ccc(-c2ccsc2)cc1. The van der Waals surface area contributed by atoms with Gasteiger partial charge in [-0.15, -0.1) is 0 Å². The highest BCUT2D eigenvalue weighted by atomic mass is 32.1. The lowest BCUT2D eigenvalue weighted by molar-refractivity contribution is -0.137. The highest BCUT2D eigenvalue weighted by Crippen LogP contribution is 2.25. The Kier molecular flexibility index (Phi) is 9.49. The molecule has 4 aromatic rings. The first-order chi connectivity index (χ1) is 18.1. The van der Waals surface area contributed by atoms with E-state index in [1.807, 2.05) is 89.1 Å². The van der Waals surface area contributed by atoms with Crippen LogP contribution >= 0.6 is 11.3 Å². The van der Waals surface area contributed by atoms with E-state index < -0.39 is 5.97 Å². The third kappa shape index (κ3) is 7.79. The number of hydrogen-bond acceptors (Lipinski definition) is 4. The highest BCUT2D eigenvalue weighted by Gasteiger charge is 2.19. The third-order valence-corrected chi connectivity index (χ3v) is 6.80. The minimum atomic E-state index is -0.768. The van der Waals surface area contributed by atoms with Crippen LogP contribution in [0.1, 0.15) is 47.2 Å². The zero-order valence-electron chi connectivity index (χ0n) is 20.7. The van der Waals surface area contributed by atoms with Gasteiger partial charge in [-0.1, -0.05) is 60.7 Å². The number of unbranched alkanes of at least 4 members (excludes halogenated alkanes) is 2. The van der Waals surface area contributed by atoms with Crippen LogP contribution in [0.25, 0.3) is 11.1 Å². The highest BCUT2D eigenvalue weighted by molar-refractivity contribution is 7.08. The zero-order chi connectivity index (χ0) is 25.9. The molecule has 3 aromatic carbocycles. The molecule has 1 N–H and O–H groups in total. The molecule has 1 heterocycles. The van der Waals surface area contributed by atoms with E-state index >= 15 is 0 Å². The van der Waals surface area contributed by atoms with Gasteiger partial charge in [0.2, 0.25) is 0 Å². The minimum absolute atomic E-state index is 0.0378. The van der Waals surface area contributed by atoms with Crippen LogP contribution in [0, 0.1) is 0 Å². The van der Waals surface area contributed by atoms with Crippen LogP contribution in [0.4, 0.5) is 0 Å². The normalized spacial score (nSPS) is 10.7. The summed E-state index contributed by atoms with van der Waals surface area (Å²) in [5.41, 5.74) is 4.88. The van der Waals surface area contributed by atoms with Gasteiger partial charge in [0.1, 0.15) is 5.75 Å². The summed E-state index contributed by atoms with van der Waals surface area (Å²) in [5.74, 6) is -0.0564. The van der Waals surface area contributed by atoms with Gasteiger partial charge in [-0.3, -0.25) is 9.59 Å². The molecular weight excluding hydrogens is 482 g/mol. The molecule has 0 fully saturated rings.